The predicted octanol–water partition coefficient (Wildman–Crippen LogP) is 3.62. The first-order chi connectivity index (χ1) is 16.7. The summed E-state index contributed by atoms with van der Waals surface area (Å²) in [5.41, 5.74) is 2.88. The van der Waals surface area contributed by atoms with Gasteiger partial charge in [0.05, 0.1) is 25.8 Å². The van der Waals surface area contributed by atoms with Crippen LogP contribution < -0.4 is 10.1 Å². The van der Waals surface area contributed by atoms with E-state index in [1.807, 2.05) is 35.0 Å². The van der Waals surface area contributed by atoms with E-state index in [4.69, 9.17) is 14.6 Å². The normalized spacial score (nSPS) is 24.8. The van der Waals surface area contributed by atoms with Gasteiger partial charge in [-0.25, -0.2) is 0 Å². The monoisotopic (exact) mass is 460 g/mol. The molecule has 3 atom stereocenters. The van der Waals surface area contributed by atoms with Gasteiger partial charge in [-0.05, 0) is 55.4 Å². The van der Waals surface area contributed by atoms with Crippen LogP contribution in [0.25, 0.3) is 10.9 Å². The fourth-order valence-corrected chi connectivity index (χ4v) is 5.54. The Morgan fingerprint density at radius 2 is 1.82 bits per heavy atom. The van der Waals surface area contributed by atoms with Crippen molar-refractivity contribution in [2.45, 2.75) is 56.9 Å². The molecule has 1 N–H and O–H groups in total. The molecule has 6 rings (SSSR count). The third-order valence-corrected chi connectivity index (χ3v) is 7.53. The van der Waals surface area contributed by atoms with E-state index in [0.29, 0.717) is 36.9 Å². The number of aromatic nitrogens is 2. The number of carbonyl (C=O) groups is 1. The number of fused-ring (bicyclic) bond motifs is 3. The third-order valence-electron chi connectivity index (χ3n) is 7.53. The van der Waals surface area contributed by atoms with Gasteiger partial charge < -0.3 is 14.8 Å². The first-order valence-electron chi connectivity index (χ1n) is 12.4. The molecule has 178 valence electrons. The maximum Gasteiger partial charge on any atom is 0.272 e. The van der Waals surface area contributed by atoms with Gasteiger partial charge >= 0.3 is 0 Å². The van der Waals surface area contributed by atoms with Crippen molar-refractivity contribution in [1.29, 1.82) is 0 Å². The fraction of sp³-hybridized carbons (Fsp3) is 0.481. The van der Waals surface area contributed by atoms with Crippen LogP contribution in [0.3, 0.4) is 0 Å². The zero-order valence-corrected chi connectivity index (χ0v) is 19.7. The molecule has 1 aliphatic carbocycles. The summed E-state index contributed by atoms with van der Waals surface area (Å²) in [7, 11) is 1.69. The number of methoxy groups -OCH3 is 1. The number of nitrogens with zero attached hydrogens (tertiary/aromatic N) is 3. The Kier molecular flexibility index (Phi) is 5.75. The van der Waals surface area contributed by atoms with Crippen LogP contribution in [-0.4, -0.2) is 59.0 Å². The van der Waals surface area contributed by atoms with Crippen LogP contribution in [0.5, 0.6) is 5.75 Å². The second-order valence-electron chi connectivity index (χ2n) is 10.00. The third kappa shape index (κ3) is 4.30. The maximum atomic E-state index is 13.4. The van der Waals surface area contributed by atoms with E-state index in [-0.39, 0.29) is 11.9 Å². The number of benzene rings is 2. The van der Waals surface area contributed by atoms with Crippen molar-refractivity contribution in [2.75, 3.05) is 20.3 Å². The van der Waals surface area contributed by atoms with Crippen molar-refractivity contribution >= 4 is 16.8 Å². The summed E-state index contributed by atoms with van der Waals surface area (Å²) < 4.78 is 13.2. The quantitative estimate of drug-likeness (QED) is 0.583. The van der Waals surface area contributed by atoms with Gasteiger partial charge in [0.1, 0.15) is 5.75 Å². The summed E-state index contributed by atoms with van der Waals surface area (Å²) in [6.45, 7) is 3.20. The number of amides is 1. The molecule has 0 radical (unpaired) electrons. The second-order valence-corrected chi connectivity index (χ2v) is 10.00. The second kappa shape index (κ2) is 9.04. The average Bonchev–Trinajstić information content (AvgIpc) is 3.59. The molecule has 0 unspecified atom stereocenters. The maximum absolute atomic E-state index is 13.4. The number of rotatable bonds is 7. The molecule has 3 heterocycles. The molecule has 2 aliphatic heterocycles. The summed E-state index contributed by atoms with van der Waals surface area (Å²) in [5, 5.41) is 9.02. The number of nitrogens with one attached hydrogen (secondary N) is 1. The Bertz CT molecular complexity index is 1160. The van der Waals surface area contributed by atoms with Crippen molar-refractivity contribution in [3.05, 3.63) is 59.8 Å². The predicted molar refractivity (Wildman–Crippen MR) is 130 cm³/mol. The van der Waals surface area contributed by atoms with E-state index in [1.54, 1.807) is 7.11 Å². The highest BCUT2D eigenvalue weighted by Crippen LogP contribution is 2.33. The van der Waals surface area contributed by atoms with Crippen LogP contribution in [0.2, 0.25) is 0 Å². The van der Waals surface area contributed by atoms with Gasteiger partial charge in [0, 0.05) is 36.6 Å². The number of ether oxygens (including phenoxy) is 2. The van der Waals surface area contributed by atoms with Gasteiger partial charge in [-0.2, -0.15) is 5.10 Å². The molecule has 7 heteroatoms. The minimum Gasteiger partial charge on any atom is -0.497 e. The lowest BCUT2D eigenvalue weighted by atomic mass is 9.89. The van der Waals surface area contributed by atoms with Crippen molar-refractivity contribution in [3.8, 4) is 5.75 Å². The molecule has 2 aromatic carbocycles. The molecule has 0 spiro atoms. The number of hydrogen-bond donors (Lipinski definition) is 1. The van der Waals surface area contributed by atoms with Crippen molar-refractivity contribution in [1.82, 2.24) is 20.0 Å². The lowest BCUT2D eigenvalue weighted by Crippen LogP contribution is -2.60. The molecule has 1 saturated carbocycles. The van der Waals surface area contributed by atoms with Crippen LogP contribution in [0.4, 0.5) is 0 Å². The van der Waals surface area contributed by atoms with Gasteiger partial charge in [-0.15, -0.1) is 0 Å². The van der Waals surface area contributed by atoms with E-state index in [1.165, 1.54) is 18.4 Å². The minimum atomic E-state index is -0.0571. The minimum absolute atomic E-state index is 0.0571. The Hall–Kier alpha value is -2.90. The molecule has 3 aromatic rings. The topological polar surface area (TPSA) is 68.6 Å². The van der Waals surface area contributed by atoms with E-state index >= 15 is 0 Å². The number of carbonyl (C=O) groups excluding carboxylic acids is 1. The molecule has 3 fully saturated rings. The highest BCUT2D eigenvalue weighted by Gasteiger charge is 2.39. The van der Waals surface area contributed by atoms with Gasteiger partial charge in [0.25, 0.3) is 5.91 Å². The smallest absolute Gasteiger partial charge is 0.272 e. The zero-order chi connectivity index (χ0) is 23.1. The van der Waals surface area contributed by atoms with Gasteiger partial charge in [0.15, 0.2) is 5.69 Å². The number of piperidine rings is 1. The van der Waals surface area contributed by atoms with Gasteiger partial charge in [-0.3, -0.25) is 14.4 Å². The molecular weight excluding hydrogens is 428 g/mol. The fourth-order valence-electron chi connectivity index (χ4n) is 5.54. The first kappa shape index (κ1) is 21.6. The van der Waals surface area contributed by atoms with E-state index in [0.717, 1.165) is 42.6 Å². The summed E-state index contributed by atoms with van der Waals surface area (Å²) >= 11 is 0. The van der Waals surface area contributed by atoms with Crippen LogP contribution in [-0.2, 0) is 17.8 Å². The molecule has 1 aromatic heterocycles. The van der Waals surface area contributed by atoms with Crippen molar-refractivity contribution < 1.29 is 14.3 Å². The molecule has 3 aliphatic rings. The molecule has 34 heavy (non-hydrogen) atoms. The highest BCUT2D eigenvalue weighted by molar-refractivity contribution is 6.05. The Labute approximate surface area is 200 Å². The molecule has 2 bridgehead atoms. The lowest BCUT2D eigenvalue weighted by Gasteiger charge is -2.48. The summed E-state index contributed by atoms with van der Waals surface area (Å²) in [4.78, 5) is 15.9. The van der Waals surface area contributed by atoms with Gasteiger partial charge in [0.2, 0.25) is 0 Å². The Morgan fingerprint density at radius 3 is 2.53 bits per heavy atom. The molecule has 7 nitrogen and oxygen atoms in total. The first-order valence-corrected chi connectivity index (χ1v) is 12.4. The molecular formula is C27H32N4O3. The largest absolute Gasteiger partial charge is 0.497 e. The van der Waals surface area contributed by atoms with Gasteiger partial charge in [-0.1, -0.05) is 30.3 Å². The molecule has 1 amide bonds. The summed E-state index contributed by atoms with van der Waals surface area (Å²) in [6.07, 6.45) is 4.30. The number of para-hydroxylation sites is 1. The lowest BCUT2D eigenvalue weighted by molar-refractivity contribution is -0.0843. The Morgan fingerprint density at radius 1 is 1.09 bits per heavy atom. The zero-order valence-electron chi connectivity index (χ0n) is 19.7. The van der Waals surface area contributed by atoms with Crippen molar-refractivity contribution in [3.63, 3.8) is 0 Å². The van der Waals surface area contributed by atoms with E-state index < -0.39 is 0 Å². The SMILES string of the molecule is COc1ccc(CN2[C@@H]3COC[C@H]2C[C@@H](NC(=O)c2nn(CC4CC4)c4ccccc24)C3)cc1. The molecule has 2 saturated heterocycles. The average molecular weight is 461 g/mol. The van der Waals surface area contributed by atoms with Crippen LogP contribution in [0.15, 0.2) is 48.5 Å². The standard InChI is InChI=1S/C27H32N4O3/c1-33-23-10-8-18(9-11-23)14-30-21-12-20(13-22(30)17-34-16-21)28-27(32)26-24-4-2-3-5-25(24)31(29-26)15-19-6-7-19/h2-5,8-11,19-22H,6-7,12-17H2,1H3,(H,28,32)/t20-,21-,22+. The summed E-state index contributed by atoms with van der Waals surface area (Å²) in [6, 6.07) is 17.1. The number of morpholine rings is 1. The van der Waals surface area contributed by atoms with E-state index in [2.05, 4.69) is 28.4 Å². The van der Waals surface area contributed by atoms with Crippen LogP contribution in [0.1, 0.15) is 41.7 Å². The van der Waals surface area contributed by atoms with Crippen LogP contribution in [0, 0.1) is 5.92 Å². The van der Waals surface area contributed by atoms with Crippen LogP contribution >= 0.6 is 0 Å². The summed E-state index contributed by atoms with van der Waals surface area (Å²) in [5.74, 6) is 1.52. The van der Waals surface area contributed by atoms with E-state index in [9.17, 15) is 4.79 Å². The number of hydrogen-bond acceptors (Lipinski definition) is 5. The van der Waals surface area contributed by atoms with Crippen molar-refractivity contribution in [2.24, 2.45) is 5.92 Å². The highest BCUT2D eigenvalue weighted by atomic mass is 16.5. The Balaban J connectivity index is 1.15.